The number of carbonyl (C=O) groups is 1. The van der Waals surface area contributed by atoms with E-state index in [0.29, 0.717) is 25.4 Å². The van der Waals surface area contributed by atoms with Gasteiger partial charge in [-0.3, -0.25) is 9.78 Å². The second-order valence-electron chi connectivity index (χ2n) is 9.25. The van der Waals surface area contributed by atoms with Crippen molar-refractivity contribution in [2.45, 2.75) is 44.6 Å². The lowest BCUT2D eigenvalue weighted by Gasteiger charge is -2.34. The first-order chi connectivity index (χ1) is 17.2. The van der Waals surface area contributed by atoms with Crippen molar-refractivity contribution < 1.29 is 9.18 Å². The maximum absolute atomic E-state index is 13.2. The molecule has 2 N–H and O–H groups in total. The van der Waals surface area contributed by atoms with Crippen LogP contribution in [0.25, 0.3) is 0 Å². The molecule has 1 aromatic heterocycles. The molecule has 0 spiro atoms. The smallest absolute Gasteiger partial charge is 0.224 e. The number of benzene rings is 2. The van der Waals surface area contributed by atoms with Gasteiger partial charge >= 0.3 is 0 Å². The SMILES string of the molecule is O=C(Cc1ccc(N2CCC(NCCCc3ccncc3)CC2)cc1)NCCc1cccc(F)c1. The minimum absolute atomic E-state index is 0.00928. The first-order valence-corrected chi connectivity index (χ1v) is 12.6. The molecular formula is C29H35FN4O. The highest BCUT2D eigenvalue weighted by atomic mass is 19.1. The van der Waals surface area contributed by atoms with Crippen molar-refractivity contribution in [2.75, 3.05) is 31.1 Å². The highest BCUT2D eigenvalue weighted by Gasteiger charge is 2.19. The summed E-state index contributed by atoms with van der Waals surface area (Å²) < 4.78 is 13.2. The molecule has 0 bridgehead atoms. The highest BCUT2D eigenvalue weighted by molar-refractivity contribution is 5.78. The zero-order valence-electron chi connectivity index (χ0n) is 20.3. The van der Waals surface area contributed by atoms with Gasteiger partial charge in [0.05, 0.1) is 6.42 Å². The van der Waals surface area contributed by atoms with Crippen LogP contribution in [0.2, 0.25) is 0 Å². The number of amides is 1. The number of nitrogens with zero attached hydrogens (tertiary/aromatic N) is 2. The third-order valence-electron chi connectivity index (χ3n) is 6.61. The Morgan fingerprint density at radius 2 is 1.69 bits per heavy atom. The van der Waals surface area contributed by atoms with Crippen LogP contribution in [-0.4, -0.2) is 43.1 Å². The van der Waals surface area contributed by atoms with E-state index in [2.05, 4.69) is 44.8 Å². The number of anilines is 1. The van der Waals surface area contributed by atoms with Gasteiger partial charge in [0.15, 0.2) is 0 Å². The highest BCUT2D eigenvalue weighted by Crippen LogP contribution is 2.21. The van der Waals surface area contributed by atoms with Gasteiger partial charge in [-0.25, -0.2) is 4.39 Å². The quantitative estimate of drug-likeness (QED) is 0.407. The van der Waals surface area contributed by atoms with Crippen LogP contribution in [-0.2, 0) is 24.1 Å². The Labute approximate surface area is 207 Å². The summed E-state index contributed by atoms with van der Waals surface area (Å²) in [6, 6.07) is 19.6. The number of pyridine rings is 1. The molecule has 2 heterocycles. The number of piperidine rings is 1. The summed E-state index contributed by atoms with van der Waals surface area (Å²) >= 11 is 0. The number of aromatic nitrogens is 1. The van der Waals surface area contributed by atoms with Crippen molar-refractivity contribution in [3.8, 4) is 0 Å². The Morgan fingerprint density at radius 1 is 0.914 bits per heavy atom. The maximum atomic E-state index is 13.2. The van der Waals surface area contributed by atoms with E-state index in [0.717, 1.165) is 56.4 Å². The zero-order valence-corrected chi connectivity index (χ0v) is 20.3. The van der Waals surface area contributed by atoms with E-state index in [1.807, 2.05) is 30.6 Å². The number of hydrogen-bond acceptors (Lipinski definition) is 4. The first kappa shape index (κ1) is 24.9. The topological polar surface area (TPSA) is 57.3 Å². The van der Waals surface area contributed by atoms with Gasteiger partial charge in [-0.2, -0.15) is 0 Å². The summed E-state index contributed by atoms with van der Waals surface area (Å²) in [6.07, 6.45) is 9.21. The molecule has 184 valence electrons. The monoisotopic (exact) mass is 474 g/mol. The molecular weight excluding hydrogens is 439 g/mol. The van der Waals surface area contributed by atoms with E-state index in [9.17, 15) is 9.18 Å². The number of aryl methyl sites for hydroxylation is 1. The van der Waals surface area contributed by atoms with E-state index < -0.39 is 0 Å². The molecule has 2 aromatic carbocycles. The number of nitrogens with one attached hydrogen (secondary N) is 2. The van der Waals surface area contributed by atoms with Gasteiger partial charge < -0.3 is 15.5 Å². The van der Waals surface area contributed by atoms with E-state index in [-0.39, 0.29) is 11.7 Å². The van der Waals surface area contributed by atoms with Gasteiger partial charge in [-0.1, -0.05) is 24.3 Å². The molecule has 0 aliphatic carbocycles. The van der Waals surface area contributed by atoms with Crippen LogP contribution in [0.1, 0.15) is 36.0 Å². The predicted molar refractivity (Wildman–Crippen MR) is 139 cm³/mol. The second-order valence-corrected chi connectivity index (χ2v) is 9.25. The average molecular weight is 475 g/mol. The lowest BCUT2D eigenvalue weighted by molar-refractivity contribution is -0.120. The van der Waals surface area contributed by atoms with Gasteiger partial charge in [0.2, 0.25) is 5.91 Å². The van der Waals surface area contributed by atoms with Gasteiger partial charge in [0.25, 0.3) is 0 Å². The fraction of sp³-hybridized carbons (Fsp3) is 0.379. The van der Waals surface area contributed by atoms with E-state index >= 15 is 0 Å². The molecule has 1 aliphatic heterocycles. The minimum atomic E-state index is -0.244. The van der Waals surface area contributed by atoms with Crippen molar-refractivity contribution in [2.24, 2.45) is 0 Å². The molecule has 5 nitrogen and oxygen atoms in total. The summed E-state index contributed by atoms with van der Waals surface area (Å²) in [5, 5.41) is 6.65. The fourth-order valence-electron chi connectivity index (χ4n) is 4.60. The summed E-state index contributed by atoms with van der Waals surface area (Å²) in [5.41, 5.74) is 4.46. The van der Waals surface area contributed by atoms with E-state index in [1.165, 1.54) is 23.4 Å². The maximum Gasteiger partial charge on any atom is 0.224 e. The Morgan fingerprint density at radius 3 is 2.43 bits per heavy atom. The van der Waals surface area contributed by atoms with Crippen LogP contribution in [0.4, 0.5) is 10.1 Å². The molecule has 0 radical (unpaired) electrons. The van der Waals surface area contributed by atoms with Gasteiger partial charge in [-0.15, -0.1) is 0 Å². The number of halogens is 1. The lowest BCUT2D eigenvalue weighted by atomic mass is 10.0. The summed E-state index contributed by atoms with van der Waals surface area (Å²) in [4.78, 5) is 18.8. The molecule has 0 saturated carbocycles. The lowest BCUT2D eigenvalue weighted by Crippen LogP contribution is -2.42. The third kappa shape index (κ3) is 8.18. The van der Waals surface area contributed by atoms with Crippen LogP contribution in [0.3, 0.4) is 0 Å². The van der Waals surface area contributed by atoms with Gasteiger partial charge in [0, 0.05) is 43.8 Å². The molecule has 0 unspecified atom stereocenters. The van der Waals surface area contributed by atoms with Gasteiger partial charge in [0.1, 0.15) is 5.82 Å². The molecule has 3 aromatic rings. The molecule has 6 heteroatoms. The zero-order chi connectivity index (χ0) is 24.3. The number of rotatable bonds is 11. The van der Waals surface area contributed by atoms with Crippen LogP contribution in [0.5, 0.6) is 0 Å². The molecule has 1 amide bonds. The van der Waals surface area contributed by atoms with E-state index in [1.54, 1.807) is 6.07 Å². The predicted octanol–water partition coefficient (Wildman–Crippen LogP) is 4.31. The Hall–Kier alpha value is -3.25. The largest absolute Gasteiger partial charge is 0.371 e. The van der Waals surface area contributed by atoms with Crippen molar-refractivity contribution in [1.29, 1.82) is 0 Å². The Balaban J connectivity index is 1.12. The second kappa shape index (κ2) is 13.0. The normalized spacial score (nSPS) is 14.1. The van der Waals surface area contributed by atoms with Crippen molar-refractivity contribution in [3.05, 3.63) is 95.6 Å². The van der Waals surface area contributed by atoms with Crippen LogP contribution < -0.4 is 15.5 Å². The van der Waals surface area contributed by atoms with Gasteiger partial charge in [-0.05, 0) is 91.7 Å². The molecule has 0 atom stereocenters. The molecule has 1 aliphatic rings. The Kier molecular flexibility index (Phi) is 9.24. The van der Waals surface area contributed by atoms with Crippen LogP contribution in [0, 0.1) is 5.82 Å². The van der Waals surface area contributed by atoms with Crippen molar-refractivity contribution in [1.82, 2.24) is 15.6 Å². The summed E-state index contributed by atoms with van der Waals surface area (Å²) in [6.45, 7) is 3.64. The number of hydrogen-bond donors (Lipinski definition) is 2. The Bertz CT molecular complexity index is 1050. The molecule has 4 rings (SSSR count). The molecule has 35 heavy (non-hydrogen) atoms. The summed E-state index contributed by atoms with van der Waals surface area (Å²) in [5.74, 6) is -0.253. The van der Waals surface area contributed by atoms with Crippen LogP contribution >= 0.6 is 0 Å². The molecule has 1 saturated heterocycles. The van der Waals surface area contributed by atoms with Crippen molar-refractivity contribution >= 4 is 11.6 Å². The van der Waals surface area contributed by atoms with Crippen molar-refractivity contribution in [3.63, 3.8) is 0 Å². The van der Waals surface area contributed by atoms with Crippen LogP contribution in [0.15, 0.2) is 73.1 Å². The summed E-state index contributed by atoms with van der Waals surface area (Å²) in [7, 11) is 0. The number of carbonyl (C=O) groups excluding carboxylic acids is 1. The third-order valence-corrected chi connectivity index (χ3v) is 6.61. The minimum Gasteiger partial charge on any atom is -0.371 e. The molecule has 1 fully saturated rings. The average Bonchev–Trinajstić information content (AvgIpc) is 2.88. The first-order valence-electron chi connectivity index (χ1n) is 12.6. The standard InChI is InChI=1S/C29H35FN4O/c30-26-5-1-3-24(21-26)12-18-33-29(35)22-25-6-8-28(9-7-25)34-19-13-27(14-20-34)32-15-2-4-23-10-16-31-17-11-23/h1,3,5-11,16-17,21,27,32H,2,4,12-15,18-20,22H2,(H,33,35). The fourth-order valence-corrected chi connectivity index (χ4v) is 4.60. The van der Waals surface area contributed by atoms with E-state index in [4.69, 9.17) is 0 Å².